The van der Waals surface area contributed by atoms with E-state index in [1.54, 1.807) is 6.07 Å². The number of aryl methyl sites for hydroxylation is 1. The average Bonchev–Trinajstić information content (AvgIpc) is 2.19. The van der Waals surface area contributed by atoms with Gasteiger partial charge in [-0.3, -0.25) is 4.79 Å². The van der Waals surface area contributed by atoms with Gasteiger partial charge in [-0.1, -0.05) is 23.3 Å². The summed E-state index contributed by atoms with van der Waals surface area (Å²) in [4.78, 5) is 13.8. The SMILES string of the molecule is [N-]=[N+]=Nc1cccc2c1NC(=O)CC2. The van der Waals surface area contributed by atoms with Gasteiger partial charge in [0.2, 0.25) is 5.91 Å². The summed E-state index contributed by atoms with van der Waals surface area (Å²) < 4.78 is 0. The predicted molar refractivity (Wildman–Crippen MR) is 52.2 cm³/mol. The molecule has 0 saturated heterocycles. The minimum atomic E-state index is -0.0295. The van der Waals surface area contributed by atoms with Crippen molar-refractivity contribution in [3.63, 3.8) is 0 Å². The van der Waals surface area contributed by atoms with Gasteiger partial charge in [0.1, 0.15) is 0 Å². The number of amides is 1. The summed E-state index contributed by atoms with van der Waals surface area (Å²) in [5, 5.41) is 6.23. The lowest BCUT2D eigenvalue weighted by Crippen LogP contribution is -2.18. The summed E-state index contributed by atoms with van der Waals surface area (Å²) >= 11 is 0. The van der Waals surface area contributed by atoms with E-state index in [0.29, 0.717) is 24.2 Å². The van der Waals surface area contributed by atoms with Crippen LogP contribution in [-0.2, 0) is 11.2 Å². The number of benzene rings is 1. The number of rotatable bonds is 1. The van der Waals surface area contributed by atoms with E-state index in [2.05, 4.69) is 15.3 Å². The standard InChI is InChI=1S/C9H8N4O/c10-13-12-7-3-1-2-6-4-5-8(14)11-9(6)7/h1-3H,4-5H2,(H,11,14). The van der Waals surface area contributed by atoms with Crippen LogP contribution in [0.3, 0.4) is 0 Å². The van der Waals surface area contributed by atoms with Gasteiger partial charge in [-0.15, -0.1) is 0 Å². The maximum absolute atomic E-state index is 11.1. The average molecular weight is 188 g/mol. The van der Waals surface area contributed by atoms with Crippen LogP contribution in [0.1, 0.15) is 12.0 Å². The Kier molecular flexibility index (Phi) is 2.08. The van der Waals surface area contributed by atoms with E-state index in [4.69, 9.17) is 5.53 Å². The van der Waals surface area contributed by atoms with Crippen LogP contribution in [0, 0.1) is 0 Å². The molecule has 0 unspecified atom stereocenters. The molecule has 1 N–H and O–H groups in total. The quantitative estimate of drug-likeness (QED) is 0.410. The van der Waals surface area contributed by atoms with Crippen molar-refractivity contribution in [2.75, 3.05) is 5.32 Å². The number of anilines is 1. The molecule has 14 heavy (non-hydrogen) atoms. The van der Waals surface area contributed by atoms with Gasteiger partial charge >= 0.3 is 0 Å². The Balaban J connectivity index is 2.53. The molecule has 0 saturated carbocycles. The molecule has 1 aliphatic rings. The minimum Gasteiger partial charge on any atom is -0.325 e. The predicted octanol–water partition coefficient (Wildman–Crippen LogP) is 2.51. The molecule has 0 fully saturated rings. The molecule has 1 heterocycles. The Labute approximate surface area is 80.4 Å². The maximum Gasteiger partial charge on any atom is 0.224 e. The summed E-state index contributed by atoms with van der Waals surface area (Å²) in [5.41, 5.74) is 10.5. The molecule has 1 amide bonds. The molecule has 1 aromatic carbocycles. The van der Waals surface area contributed by atoms with Gasteiger partial charge in [0.15, 0.2) is 0 Å². The van der Waals surface area contributed by atoms with E-state index < -0.39 is 0 Å². The molecule has 0 bridgehead atoms. The first-order chi connectivity index (χ1) is 6.81. The van der Waals surface area contributed by atoms with E-state index in [9.17, 15) is 4.79 Å². The van der Waals surface area contributed by atoms with Crippen molar-refractivity contribution in [2.24, 2.45) is 5.11 Å². The zero-order valence-corrected chi connectivity index (χ0v) is 7.40. The van der Waals surface area contributed by atoms with Crippen molar-refractivity contribution in [1.82, 2.24) is 0 Å². The number of carbonyl (C=O) groups excluding carboxylic acids is 1. The molecule has 0 atom stereocenters. The van der Waals surface area contributed by atoms with Crippen LogP contribution in [-0.4, -0.2) is 5.91 Å². The zero-order chi connectivity index (χ0) is 9.97. The Morgan fingerprint density at radius 1 is 1.43 bits per heavy atom. The first kappa shape index (κ1) is 8.59. The van der Waals surface area contributed by atoms with Crippen LogP contribution >= 0.6 is 0 Å². The lowest BCUT2D eigenvalue weighted by Gasteiger charge is -2.17. The molecule has 1 aromatic rings. The molecule has 1 aliphatic heterocycles. The molecule has 5 nitrogen and oxygen atoms in total. The van der Waals surface area contributed by atoms with Crippen molar-refractivity contribution in [3.8, 4) is 0 Å². The van der Waals surface area contributed by atoms with Crippen LogP contribution in [0.15, 0.2) is 23.3 Å². The highest BCUT2D eigenvalue weighted by molar-refractivity contribution is 5.97. The fourth-order valence-corrected chi connectivity index (χ4v) is 1.52. The van der Waals surface area contributed by atoms with Gasteiger partial charge in [0.25, 0.3) is 0 Å². The molecular weight excluding hydrogens is 180 g/mol. The largest absolute Gasteiger partial charge is 0.325 e. The molecular formula is C9H8N4O. The van der Waals surface area contributed by atoms with Crippen molar-refractivity contribution in [2.45, 2.75) is 12.8 Å². The van der Waals surface area contributed by atoms with Gasteiger partial charge in [-0.05, 0) is 17.5 Å². The van der Waals surface area contributed by atoms with E-state index in [-0.39, 0.29) is 5.91 Å². The van der Waals surface area contributed by atoms with Crippen molar-refractivity contribution >= 4 is 17.3 Å². The Morgan fingerprint density at radius 3 is 3.07 bits per heavy atom. The van der Waals surface area contributed by atoms with Gasteiger partial charge < -0.3 is 5.32 Å². The second kappa shape index (κ2) is 3.40. The van der Waals surface area contributed by atoms with E-state index in [1.807, 2.05) is 12.1 Å². The Bertz CT molecular complexity index is 434. The Hall–Kier alpha value is -2.00. The second-order valence-corrected chi connectivity index (χ2v) is 3.05. The zero-order valence-electron chi connectivity index (χ0n) is 7.40. The summed E-state index contributed by atoms with van der Waals surface area (Å²) in [6.45, 7) is 0. The third kappa shape index (κ3) is 1.41. The molecule has 0 aliphatic carbocycles. The van der Waals surface area contributed by atoms with Gasteiger partial charge in [-0.2, -0.15) is 0 Å². The summed E-state index contributed by atoms with van der Waals surface area (Å²) in [6.07, 6.45) is 1.20. The second-order valence-electron chi connectivity index (χ2n) is 3.05. The number of fused-ring (bicyclic) bond motifs is 1. The van der Waals surface area contributed by atoms with Crippen molar-refractivity contribution in [1.29, 1.82) is 0 Å². The van der Waals surface area contributed by atoms with E-state index >= 15 is 0 Å². The van der Waals surface area contributed by atoms with Gasteiger partial charge in [0.05, 0.1) is 11.4 Å². The number of hydrogen-bond acceptors (Lipinski definition) is 2. The van der Waals surface area contributed by atoms with Crippen LogP contribution in [0.5, 0.6) is 0 Å². The highest BCUT2D eigenvalue weighted by Crippen LogP contribution is 2.32. The van der Waals surface area contributed by atoms with Gasteiger partial charge in [-0.25, -0.2) is 0 Å². The molecule has 5 heteroatoms. The molecule has 0 spiro atoms. The fraction of sp³-hybridized carbons (Fsp3) is 0.222. The van der Waals surface area contributed by atoms with E-state index in [0.717, 1.165) is 5.56 Å². The van der Waals surface area contributed by atoms with E-state index in [1.165, 1.54) is 0 Å². The topological polar surface area (TPSA) is 77.9 Å². The first-order valence-corrected chi connectivity index (χ1v) is 4.28. The lowest BCUT2D eigenvalue weighted by atomic mass is 10.0. The van der Waals surface area contributed by atoms with Crippen LogP contribution in [0.4, 0.5) is 11.4 Å². The lowest BCUT2D eigenvalue weighted by molar-refractivity contribution is -0.116. The van der Waals surface area contributed by atoms with Gasteiger partial charge in [0, 0.05) is 11.3 Å². The molecule has 0 aromatic heterocycles. The number of para-hydroxylation sites is 1. The third-order valence-corrected chi connectivity index (χ3v) is 2.17. The smallest absolute Gasteiger partial charge is 0.224 e. The highest BCUT2D eigenvalue weighted by atomic mass is 16.1. The van der Waals surface area contributed by atoms with Crippen molar-refractivity contribution in [3.05, 3.63) is 34.2 Å². The summed E-state index contributed by atoms with van der Waals surface area (Å²) in [7, 11) is 0. The number of nitrogens with zero attached hydrogens (tertiary/aromatic N) is 3. The first-order valence-electron chi connectivity index (χ1n) is 4.28. The fourth-order valence-electron chi connectivity index (χ4n) is 1.52. The monoisotopic (exact) mass is 188 g/mol. The Morgan fingerprint density at radius 2 is 2.29 bits per heavy atom. The minimum absolute atomic E-state index is 0.0295. The summed E-state index contributed by atoms with van der Waals surface area (Å²) in [6, 6.07) is 5.43. The highest BCUT2D eigenvalue weighted by Gasteiger charge is 2.16. The van der Waals surface area contributed by atoms with Crippen LogP contribution in [0.25, 0.3) is 10.4 Å². The number of hydrogen-bond donors (Lipinski definition) is 1. The van der Waals surface area contributed by atoms with Crippen LogP contribution in [0.2, 0.25) is 0 Å². The maximum atomic E-state index is 11.1. The van der Waals surface area contributed by atoms with Crippen molar-refractivity contribution < 1.29 is 4.79 Å². The summed E-state index contributed by atoms with van der Waals surface area (Å²) in [5.74, 6) is -0.0295. The third-order valence-electron chi connectivity index (χ3n) is 2.17. The number of nitrogens with one attached hydrogen (secondary N) is 1. The number of azide groups is 1. The molecule has 0 radical (unpaired) electrons. The van der Waals surface area contributed by atoms with Crippen LogP contribution < -0.4 is 5.32 Å². The molecule has 70 valence electrons. The molecule has 2 rings (SSSR count). The normalized spacial score (nSPS) is 13.9. The number of carbonyl (C=O) groups is 1.